The van der Waals surface area contributed by atoms with Gasteiger partial charge in [0, 0.05) is 12.5 Å². The van der Waals surface area contributed by atoms with Gasteiger partial charge in [0.05, 0.1) is 28.9 Å². The van der Waals surface area contributed by atoms with Gasteiger partial charge in [0.1, 0.15) is 0 Å². The zero-order valence-corrected chi connectivity index (χ0v) is 23.5. The quantitative estimate of drug-likeness (QED) is 0.129. The smallest absolute Gasteiger partial charge is 0.388 e. The molecule has 0 heterocycles. The molecule has 9 heteroatoms. The van der Waals surface area contributed by atoms with Crippen LogP contribution >= 0.6 is 7.60 Å². The first kappa shape index (κ1) is 31.5. The molecule has 1 N–H and O–H groups in total. The van der Waals surface area contributed by atoms with Crippen LogP contribution in [0.15, 0.2) is 36.9 Å². The van der Waals surface area contributed by atoms with Crippen molar-refractivity contribution in [2.75, 3.05) is 6.61 Å². The summed E-state index contributed by atoms with van der Waals surface area (Å²) in [7, 11) is -3.82. The Bertz CT molecular complexity index is 837. The molecular weight excluding hydrogens is 471 g/mol. The van der Waals surface area contributed by atoms with E-state index in [1.54, 1.807) is 71.9 Å². The maximum atomic E-state index is 13.3. The molecule has 0 radical (unpaired) electrons. The number of carbonyl (C=O) groups is 1. The molecule has 35 heavy (non-hydrogen) atoms. The maximum absolute atomic E-state index is 13.3. The van der Waals surface area contributed by atoms with Crippen LogP contribution in [-0.4, -0.2) is 34.5 Å². The maximum Gasteiger partial charge on any atom is 0.388 e. The molecule has 0 unspecified atom stereocenters. The summed E-state index contributed by atoms with van der Waals surface area (Å²) in [5, 5.41) is 9.82. The summed E-state index contributed by atoms with van der Waals surface area (Å²) < 4.78 is 29.5. The monoisotopic (exact) mass is 514 g/mol. The molecule has 0 fully saturated rings. The number of carboxylic acid groups (broad SMARTS) is 1. The van der Waals surface area contributed by atoms with Crippen molar-refractivity contribution in [1.29, 1.82) is 0 Å². The van der Waals surface area contributed by atoms with E-state index in [0.29, 0.717) is 18.6 Å². The van der Waals surface area contributed by atoms with Gasteiger partial charge in [-0.2, -0.15) is 0 Å². The van der Waals surface area contributed by atoms with E-state index in [2.05, 4.69) is 6.58 Å². The fourth-order valence-electron chi connectivity index (χ4n) is 2.95. The number of benzene rings is 1. The molecule has 0 aliphatic heterocycles. The minimum atomic E-state index is -3.82. The van der Waals surface area contributed by atoms with Crippen molar-refractivity contribution in [2.45, 2.75) is 97.6 Å². The van der Waals surface area contributed by atoms with Gasteiger partial charge in [0.15, 0.2) is 0 Å². The third-order valence-corrected chi connectivity index (χ3v) is 5.87. The van der Waals surface area contributed by atoms with Gasteiger partial charge in [-0.25, -0.2) is 9.78 Å². The Morgan fingerprint density at radius 2 is 1.43 bits per heavy atom. The standard InChI is InChI=1S/C26H43O8P/c1-11-21(22(23(27)28)16-17-30-24(2,3)4)20-14-12-19(13-15-20)18-35(29,33-31-25(5,6)7)34-32-26(8,9)10/h11-15,21-22H,1,16-18H2,2-10H3,(H,27,28)/t21-,22+/m1/s1. The summed E-state index contributed by atoms with van der Waals surface area (Å²) in [6.07, 6.45) is 1.88. The van der Waals surface area contributed by atoms with E-state index >= 15 is 0 Å². The second kappa shape index (κ2) is 12.6. The zero-order chi connectivity index (χ0) is 27.1. The first-order chi connectivity index (χ1) is 15.8. The Morgan fingerprint density at radius 3 is 1.80 bits per heavy atom. The van der Waals surface area contributed by atoms with Crippen LogP contribution in [0.1, 0.15) is 85.8 Å². The second-order valence-electron chi connectivity index (χ2n) is 11.5. The van der Waals surface area contributed by atoms with Gasteiger partial charge >= 0.3 is 13.6 Å². The molecule has 0 aromatic heterocycles. The summed E-state index contributed by atoms with van der Waals surface area (Å²) in [5.41, 5.74) is -0.326. The number of aliphatic carboxylic acids is 1. The Labute approximate surface area is 210 Å². The van der Waals surface area contributed by atoms with Gasteiger partial charge < -0.3 is 9.84 Å². The molecule has 0 saturated carbocycles. The van der Waals surface area contributed by atoms with Crippen molar-refractivity contribution in [3.63, 3.8) is 0 Å². The lowest BCUT2D eigenvalue weighted by molar-refractivity contribution is -0.326. The Morgan fingerprint density at radius 1 is 0.943 bits per heavy atom. The van der Waals surface area contributed by atoms with Crippen LogP contribution in [0.25, 0.3) is 0 Å². The number of allylic oxidation sites excluding steroid dienone is 1. The minimum absolute atomic E-state index is 0.0972. The molecule has 0 spiro atoms. The van der Waals surface area contributed by atoms with Crippen LogP contribution in [-0.2, 0) is 39.4 Å². The third kappa shape index (κ3) is 12.8. The van der Waals surface area contributed by atoms with Gasteiger partial charge in [0.2, 0.25) is 0 Å². The van der Waals surface area contributed by atoms with Crippen LogP contribution in [0.4, 0.5) is 0 Å². The van der Waals surface area contributed by atoms with Crippen molar-refractivity contribution in [3.8, 4) is 0 Å². The SMILES string of the molecule is C=C[C@H](c1ccc(CP(=O)(OOC(C)(C)C)OOC(C)(C)C)cc1)[C@H](CCOC(C)(C)C)C(=O)O. The minimum Gasteiger partial charge on any atom is -0.481 e. The first-order valence-corrected chi connectivity index (χ1v) is 13.5. The van der Waals surface area contributed by atoms with Crippen LogP contribution in [0.2, 0.25) is 0 Å². The summed E-state index contributed by atoms with van der Waals surface area (Å²) in [5.74, 6) is -2.03. The van der Waals surface area contributed by atoms with Crippen molar-refractivity contribution >= 4 is 13.6 Å². The van der Waals surface area contributed by atoms with E-state index in [9.17, 15) is 14.5 Å². The highest BCUT2D eigenvalue weighted by molar-refractivity contribution is 7.52. The van der Waals surface area contributed by atoms with Gasteiger partial charge in [-0.05, 0) is 79.9 Å². The Hall–Kier alpha value is -1.54. The summed E-state index contributed by atoms with van der Waals surface area (Å²) in [6, 6.07) is 7.09. The average molecular weight is 515 g/mol. The number of hydrogen-bond donors (Lipinski definition) is 1. The number of rotatable bonds is 13. The van der Waals surface area contributed by atoms with E-state index in [1.165, 1.54) is 0 Å². The second-order valence-corrected chi connectivity index (χ2v) is 13.3. The molecule has 0 aliphatic carbocycles. The molecule has 0 aliphatic rings. The number of hydrogen-bond acceptors (Lipinski definition) is 7. The van der Waals surface area contributed by atoms with E-state index in [4.69, 9.17) is 23.9 Å². The van der Waals surface area contributed by atoms with E-state index in [1.807, 2.05) is 20.8 Å². The summed E-state index contributed by atoms with van der Waals surface area (Å²) >= 11 is 0. The molecule has 2 atom stereocenters. The number of ether oxygens (including phenoxy) is 1. The van der Waals surface area contributed by atoms with Crippen LogP contribution in [0, 0.1) is 5.92 Å². The molecule has 0 bridgehead atoms. The largest absolute Gasteiger partial charge is 0.481 e. The van der Waals surface area contributed by atoms with Gasteiger partial charge in [-0.3, -0.25) is 9.36 Å². The highest BCUT2D eigenvalue weighted by atomic mass is 31.2. The molecule has 8 nitrogen and oxygen atoms in total. The molecule has 200 valence electrons. The fourth-order valence-corrected chi connectivity index (χ4v) is 4.42. The lowest BCUT2D eigenvalue weighted by Crippen LogP contribution is -2.26. The van der Waals surface area contributed by atoms with Crippen LogP contribution in [0.3, 0.4) is 0 Å². The predicted octanol–water partition coefficient (Wildman–Crippen LogP) is 7.05. The van der Waals surface area contributed by atoms with E-state index in [0.717, 1.165) is 5.56 Å². The van der Waals surface area contributed by atoms with Crippen molar-refractivity contribution in [3.05, 3.63) is 48.0 Å². The van der Waals surface area contributed by atoms with Gasteiger partial charge in [0.25, 0.3) is 0 Å². The van der Waals surface area contributed by atoms with E-state index < -0.39 is 36.6 Å². The Balaban J connectivity index is 3.05. The lowest BCUT2D eigenvalue weighted by atomic mass is 9.84. The molecule has 0 saturated heterocycles. The summed E-state index contributed by atoms with van der Waals surface area (Å²) in [6.45, 7) is 20.5. The summed E-state index contributed by atoms with van der Waals surface area (Å²) in [4.78, 5) is 22.5. The average Bonchev–Trinajstić information content (AvgIpc) is 2.69. The molecule has 1 aromatic carbocycles. The van der Waals surface area contributed by atoms with Crippen molar-refractivity contribution in [1.82, 2.24) is 0 Å². The normalized spacial score (nSPS) is 15.0. The highest BCUT2D eigenvalue weighted by Gasteiger charge is 2.33. The zero-order valence-electron chi connectivity index (χ0n) is 22.6. The Kier molecular flexibility index (Phi) is 11.4. The molecular formula is C26H43O8P. The molecule has 1 aromatic rings. The van der Waals surface area contributed by atoms with Gasteiger partial charge in [-0.15, -0.1) is 15.9 Å². The fraction of sp³-hybridized carbons (Fsp3) is 0.654. The first-order valence-electron chi connectivity index (χ1n) is 11.8. The highest BCUT2D eigenvalue weighted by Crippen LogP contribution is 2.53. The number of carboxylic acids is 1. The van der Waals surface area contributed by atoms with Crippen LogP contribution < -0.4 is 0 Å². The molecule has 1 rings (SSSR count). The third-order valence-electron chi connectivity index (χ3n) is 4.51. The topological polar surface area (TPSA) is 101 Å². The lowest BCUT2D eigenvalue weighted by Gasteiger charge is -2.26. The van der Waals surface area contributed by atoms with Crippen molar-refractivity contribution < 1.29 is 38.3 Å². The van der Waals surface area contributed by atoms with Crippen LogP contribution in [0.5, 0.6) is 0 Å². The van der Waals surface area contributed by atoms with E-state index in [-0.39, 0.29) is 11.8 Å². The molecule has 0 amide bonds. The predicted molar refractivity (Wildman–Crippen MR) is 136 cm³/mol. The van der Waals surface area contributed by atoms with Crippen molar-refractivity contribution in [2.24, 2.45) is 5.92 Å². The van der Waals surface area contributed by atoms with Gasteiger partial charge in [-0.1, -0.05) is 30.3 Å².